The maximum atomic E-state index is 13.0. The van der Waals surface area contributed by atoms with E-state index in [4.69, 9.17) is 4.52 Å². The van der Waals surface area contributed by atoms with E-state index in [0.717, 1.165) is 15.3 Å². The molecule has 0 bridgehead atoms. The highest BCUT2D eigenvalue weighted by Crippen LogP contribution is 2.27. The maximum absolute atomic E-state index is 13.0. The van der Waals surface area contributed by atoms with E-state index in [0.29, 0.717) is 34.6 Å². The van der Waals surface area contributed by atoms with Crippen LogP contribution >= 0.6 is 23.1 Å². The van der Waals surface area contributed by atoms with E-state index in [1.54, 1.807) is 31.3 Å². The first-order valence-electron chi connectivity index (χ1n) is 9.08. The lowest BCUT2D eigenvalue weighted by molar-refractivity contribution is 0.102. The summed E-state index contributed by atoms with van der Waals surface area (Å²) in [6.07, 6.45) is 2.35. The number of rotatable bonds is 7. The summed E-state index contributed by atoms with van der Waals surface area (Å²) in [4.78, 5) is 23.1. The smallest absolute Gasteiger partial charge is 0.258 e. The van der Waals surface area contributed by atoms with Crippen LogP contribution in [0.2, 0.25) is 0 Å². The van der Waals surface area contributed by atoms with E-state index < -0.39 is 0 Å². The van der Waals surface area contributed by atoms with Gasteiger partial charge >= 0.3 is 0 Å². The molecule has 6 nitrogen and oxygen atoms in total. The Bertz CT molecular complexity index is 1160. The molecule has 1 amide bonds. The molecule has 4 aromatic rings. The molecule has 0 spiro atoms. The number of thiazole rings is 1. The van der Waals surface area contributed by atoms with Crippen LogP contribution in [0.5, 0.6) is 0 Å². The van der Waals surface area contributed by atoms with Crippen LogP contribution in [0, 0.1) is 12.7 Å². The van der Waals surface area contributed by atoms with Crippen molar-refractivity contribution >= 4 is 34.1 Å². The van der Waals surface area contributed by atoms with Crippen molar-refractivity contribution in [3.8, 4) is 0 Å². The third kappa shape index (κ3) is 5.11. The number of nitrogens with one attached hydrogen (secondary N) is 1. The van der Waals surface area contributed by atoms with Gasteiger partial charge in [0.05, 0.1) is 11.3 Å². The molecular weight excluding hydrogens is 423 g/mol. The Hall–Kier alpha value is -3.04. The summed E-state index contributed by atoms with van der Waals surface area (Å²) in [7, 11) is 0. The molecule has 30 heavy (non-hydrogen) atoms. The molecule has 1 N–H and O–H groups in total. The zero-order chi connectivity index (χ0) is 20.9. The van der Waals surface area contributed by atoms with E-state index in [1.807, 2.05) is 18.2 Å². The van der Waals surface area contributed by atoms with Crippen LogP contribution < -0.4 is 5.32 Å². The Morgan fingerprint density at radius 3 is 2.77 bits per heavy atom. The number of aryl methyl sites for hydroxylation is 1. The van der Waals surface area contributed by atoms with Gasteiger partial charge in [-0.05, 0) is 36.8 Å². The number of hydrogen-bond acceptors (Lipinski definition) is 7. The van der Waals surface area contributed by atoms with Crippen LogP contribution in [-0.4, -0.2) is 21.0 Å². The average Bonchev–Trinajstić information content (AvgIpc) is 3.37. The maximum Gasteiger partial charge on any atom is 0.258 e. The zero-order valence-electron chi connectivity index (χ0n) is 16.0. The number of benzene rings is 2. The van der Waals surface area contributed by atoms with Gasteiger partial charge in [-0.1, -0.05) is 29.4 Å². The Kier molecular flexibility index (Phi) is 6.20. The number of carbonyl (C=O) groups is 1. The van der Waals surface area contributed by atoms with E-state index in [9.17, 15) is 9.18 Å². The van der Waals surface area contributed by atoms with Gasteiger partial charge in [0.25, 0.3) is 5.91 Å². The third-order valence-electron chi connectivity index (χ3n) is 4.12. The molecule has 4 rings (SSSR count). The number of carbonyl (C=O) groups excluding carboxylic acids is 1. The first-order valence-corrected chi connectivity index (χ1v) is 10.9. The van der Waals surface area contributed by atoms with E-state index in [1.165, 1.54) is 35.2 Å². The summed E-state index contributed by atoms with van der Waals surface area (Å²) in [5, 5.41) is 7.15. The lowest BCUT2D eigenvalue weighted by Gasteiger charge is -2.07. The molecule has 0 saturated heterocycles. The molecule has 0 saturated carbocycles. The number of amides is 1. The van der Waals surface area contributed by atoms with Crippen molar-refractivity contribution in [1.82, 2.24) is 15.1 Å². The Labute approximate surface area is 180 Å². The average molecular weight is 441 g/mol. The predicted molar refractivity (Wildman–Crippen MR) is 114 cm³/mol. The number of halogens is 1. The summed E-state index contributed by atoms with van der Waals surface area (Å²) < 4.78 is 18.2. The van der Waals surface area contributed by atoms with Crippen molar-refractivity contribution in [1.29, 1.82) is 0 Å². The summed E-state index contributed by atoms with van der Waals surface area (Å²) in [6.45, 7) is 1.76. The number of aromatic nitrogens is 3. The fourth-order valence-electron chi connectivity index (χ4n) is 2.73. The minimum Gasteiger partial charge on any atom is -0.338 e. The summed E-state index contributed by atoms with van der Waals surface area (Å²) >= 11 is 2.85. The first kappa shape index (κ1) is 20.2. The largest absolute Gasteiger partial charge is 0.338 e. The molecule has 152 valence electrons. The molecule has 2 heterocycles. The highest BCUT2D eigenvalue weighted by atomic mass is 32.2. The second-order valence-electron chi connectivity index (χ2n) is 6.41. The van der Waals surface area contributed by atoms with E-state index in [-0.39, 0.29) is 11.7 Å². The van der Waals surface area contributed by atoms with Crippen molar-refractivity contribution < 1.29 is 13.7 Å². The van der Waals surface area contributed by atoms with Gasteiger partial charge in [0.1, 0.15) is 5.82 Å². The second-order valence-corrected chi connectivity index (χ2v) is 8.54. The molecule has 0 atom stereocenters. The summed E-state index contributed by atoms with van der Waals surface area (Å²) in [6, 6.07) is 13.7. The first-order chi connectivity index (χ1) is 14.6. The molecule has 0 aliphatic rings. The molecule has 0 radical (unpaired) electrons. The van der Waals surface area contributed by atoms with Gasteiger partial charge in [-0.15, -0.1) is 23.1 Å². The second kappa shape index (κ2) is 9.19. The van der Waals surface area contributed by atoms with Crippen LogP contribution in [0.4, 0.5) is 9.52 Å². The van der Waals surface area contributed by atoms with Crippen molar-refractivity contribution in [2.45, 2.75) is 24.0 Å². The van der Waals surface area contributed by atoms with Gasteiger partial charge in [0.2, 0.25) is 5.89 Å². The van der Waals surface area contributed by atoms with Crippen molar-refractivity contribution in [2.75, 3.05) is 5.32 Å². The van der Waals surface area contributed by atoms with E-state index in [2.05, 4.69) is 20.4 Å². The predicted octanol–water partition coefficient (Wildman–Crippen LogP) is 5.11. The molecule has 2 aromatic heterocycles. The molecule has 0 unspecified atom stereocenters. The Morgan fingerprint density at radius 2 is 2.00 bits per heavy atom. The Morgan fingerprint density at radius 1 is 1.20 bits per heavy atom. The number of thioether (sulfide) groups is 1. The monoisotopic (exact) mass is 440 g/mol. The lowest BCUT2D eigenvalue weighted by atomic mass is 10.1. The molecule has 2 aromatic carbocycles. The van der Waals surface area contributed by atoms with Crippen molar-refractivity contribution in [3.05, 3.63) is 88.3 Å². The van der Waals surface area contributed by atoms with Crippen LogP contribution in [-0.2, 0) is 12.2 Å². The SMILES string of the molecule is Cc1noc(CSc2ccccc2C(=O)Nc2ncc(Cc3ccc(F)cc3)s2)n1. The van der Waals surface area contributed by atoms with Gasteiger partial charge in [-0.2, -0.15) is 4.98 Å². The van der Waals surface area contributed by atoms with E-state index >= 15 is 0 Å². The van der Waals surface area contributed by atoms with Gasteiger partial charge in [0, 0.05) is 22.4 Å². The molecule has 0 aliphatic carbocycles. The molecule has 0 fully saturated rings. The topological polar surface area (TPSA) is 80.9 Å². The van der Waals surface area contributed by atoms with Crippen LogP contribution in [0.1, 0.15) is 32.5 Å². The van der Waals surface area contributed by atoms with Crippen molar-refractivity contribution in [2.24, 2.45) is 0 Å². The summed E-state index contributed by atoms with van der Waals surface area (Å²) in [5.41, 5.74) is 1.53. The van der Waals surface area contributed by atoms with Crippen molar-refractivity contribution in [3.63, 3.8) is 0 Å². The highest BCUT2D eigenvalue weighted by molar-refractivity contribution is 7.98. The molecule has 9 heteroatoms. The normalized spacial score (nSPS) is 10.9. The third-order valence-corrected chi connectivity index (χ3v) is 6.09. The zero-order valence-corrected chi connectivity index (χ0v) is 17.6. The summed E-state index contributed by atoms with van der Waals surface area (Å²) in [5.74, 6) is 1.07. The van der Waals surface area contributed by atoms with Gasteiger partial charge in [-0.25, -0.2) is 9.37 Å². The standard InChI is InChI=1S/C21H17FN4O2S2/c1-13-24-19(28-26-13)12-29-18-5-3-2-4-17(18)20(27)25-21-23-11-16(30-21)10-14-6-8-15(22)9-7-14/h2-9,11H,10,12H2,1H3,(H,23,25,27). The van der Waals surface area contributed by atoms with Gasteiger partial charge in [0.15, 0.2) is 11.0 Å². The van der Waals surface area contributed by atoms with Gasteiger partial charge in [-0.3, -0.25) is 10.1 Å². The van der Waals surface area contributed by atoms with Crippen LogP contribution in [0.3, 0.4) is 0 Å². The fourth-order valence-corrected chi connectivity index (χ4v) is 4.46. The van der Waals surface area contributed by atoms with Crippen LogP contribution in [0.15, 0.2) is 64.1 Å². The fraction of sp³-hybridized carbons (Fsp3) is 0.143. The molecule has 0 aliphatic heterocycles. The quantitative estimate of drug-likeness (QED) is 0.402. The number of nitrogens with zero attached hydrogens (tertiary/aromatic N) is 3. The minimum atomic E-state index is -0.262. The number of hydrogen-bond donors (Lipinski definition) is 1. The van der Waals surface area contributed by atoms with Gasteiger partial charge < -0.3 is 4.52 Å². The molecular formula is C21H17FN4O2S2. The van der Waals surface area contributed by atoms with Crippen LogP contribution in [0.25, 0.3) is 0 Å². The Balaban J connectivity index is 1.41. The minimum absolute atomic E-state index is 0.234. The number of anilines is 1. The highest BCUT2D eigenvalue weighted by Gasteiger charge is 2.15. The lowest BCUT2D eigenvalue weighted by Crippen LogP contribution is -2.12.